The summed E-state index contributed by atoms with van der Waals surface area (Å²) in [5, 5.41) is 1.99. The third kappa shape index (κ3) is 3.89. The quantitative estimate of drug-likeness (QED) is 0.733. The van der Waals surface area contributed by atoms with E-state index in [2.05, 4.69) is 5.32 Å². The van der Waals surface area contributed by atoms with E-state index in [1.807, 2.05) is 0 Å². The first-order valence-corrected chi connectivity index (χ1v) is 9.29. The molecule has 2 aliphatic rings. The van der Waals surface area contributed by atoms with E-state index in [9.17, 15) is 22.8 Å². The van der Waals surface area contributed by atoms with Crippen LogP contribution in [0.1, 0.15) is 35.4 Å². The number of halogens is 4. The summed E-state index contributed by atoms with van der Waals surface area (Å²) < 4.78 is 49.1. The molecule has 1 heterocycles. The molecule has 152 valence electrons. The maximum Gasteiger partial charge on any atom is 0.416 e. The molecule has 0 radical (unpaired) electrons. The Morgan fingerprint density at radius 2 is 1.93 bits per heavy atom. The Hall–Kier alpha value is -2.74. The fraction of sp³-hybridized carbons (Fsp3) is 0.300. The van der Waals surface area contributed by atoms with E-state index >= 15 is 0 Å². The number of alkyl carbamates (subject to hydrolysis) is 1. The van der Waals surface area contributed by atoms with Crippen LogP contribution >= 0.6 is 11.6 Å². The summed E-state index contributed by atoms with van der Waals surface area (Å²) in [6, 6.07) is 8.10. The standard InChI is InChI=1S/C20H15ClF3NO4/c21-15-9-11(20(22,23)24)4-7-16(15)28-12-5-6-13-10(8-12)2-1-3-14(13)17-18(26)25-19(27)29-17/h4-9,14,17H,1-3H2,(H,25,26,27)/t14-,17?/m1/s1. The van der Waals surface area contributed by atoms with Gasteiger partial charge >= 0.3 is 12.3 Å². The second-order valence-corrected chi connectivity index (χ2v) is 7.33. The van der Waals surface area contributed by atoms with E-state index < -0.39 is 29.8 Å². The zero-order chi connectivity index (χ0) is 20.8. The maximum absolute atomic E-state index is 12.8. The van der Waals surface area contributed by atoms with E-state index in [1.54, 1.807) is 18.2 Å². The second kappa shape index (κ2) is 7.26. The van der Waals surface area contributed by atoms with Gasteiger partial charge in [0.1, 0.15) is 11.5 Å². The normalized spacial score (nSPS) is 21.4. The van der Waals surface area contributed by atoms with Gasteiger partial charge in [-0.2, -0.15) is 13.2 Å². The van der Waals surface area contributed by atoms with Crippen LogP contribution in [-0.4, -0.2) is 18.1 Å². The number of aryl methyl sites for hydroxylation is 1. The number of fused-ring (bicyclic) bond motifs is 1. The first-order chi connectivity index (χ1) is 13.7. The lowest BCUT2D eigenvalue weighted by atomic mass is 9.79. The fourth-order valence-electron chi connectivity index (χ4n) is 3.73. The Bertz CT molecular complexity index is 992. The minimum Gasteiger partial charge on any atom is -0.456 e. The predicted molar refractivity (Wildman–Crippen MR) is 97.1 cm³/mol. The Morgan fingerprint density at radius 1 is 1.14 bits per heavy atom. The number of imide groups is 1. The number of rotatable bonds is 3. The number of alkyl halides is 3. The van der Waals surface area contributed by atoms with Gasteiger partial charge < -0.3 is 9.47 Å². The van der Waals surface area contributed by atoms with Crippen molar-refractivity contribution < 1.29 is 32.2 Å². The summed E-state index contributed by atoms with van der Waals surface area (Å²) in [4.78, 5) is 23.3. The van der Waals surface area contributed by atoms with E-state index in [4.69, 9.17) is 21.1 Å². The van der Waals surface area contributed by atoms with Gasteiger partial charge in [-0.15, -0.1) is 0 Å². The van der Waals surface area contributed by atoms with Crippen LogP contribution in [0.15, 0.2) is 36.4 Å². The molecule has 2 amide bonds. The number of hydrogen-bond acceptors (Lipinski definition) is 4. The number of cyclic esters (lactones) is 1. The lowest BCUT2D eigenvalue weighted by molar-refractivity contribution is -0.137. The van der Waals surface area contributed by atoms with Crippen molar-refractivity contribution in [3.63, 3.8) is 0 Å². The number of amides is 2. The topological polar surface area (TPSA) is 64.6 Å². The zero-order valence-electron chi connectivity index (χ0n) is 14.9. The molecule has 2 aromatic rings. The fourth-order valence-corrected chi connectivity index (χ4v) is 3.95. The summed E-state index contributed by atoms with van der Waals surface area (Å²) in [7, 11) is 0. The SMILES string of the molecule is O=C1NC(=O)C([C@@H]2CCCc3cc(Oc4ccc(C(F)(F)F)cc4Cl)ccc32)O1. The van der Waals surface area contributed by atoms with Crippen LogP contribution in [0.25, 0.3) is 0 Å². The average molecular weight is 426 g/mol. The smallest absolute Gasteiger partial charge is 0.416 e. The van der Waals surface area contributed by atoms with E-state index in [0.717, 1.165) is 36.1 Å². The minimum atomic E-state index is -4.49. The largest absolute Gasteiger partial charge is 0.456 e. The minimum absolute atomic E-state index is 0.107. The van der Waals surface area contributed by atoms with E-state index in [1.165, 1.54) is 6.07 Å². The van der Waals surface area contributed by atoms with Crippen molar-refractivity contribution in [1.82, 2.24) is 5.32 Å². The van der Waals surface area contributed by atoms with E-state index in [-0.39, 0.29) is 16.7 Å². The van der Waals surface area contributed by atoms with Crippen molar-refractivity contribution in [3.05, 3.63) is 58.1 Å². The predicted octanol–water partition coefficient (Wildman–Crippen LogP) is 5.21. The Morgan fingerprint density at radius 3 is 2.59 bits per heavy atom. The molecule has 1 saturated heterocycles. The lowest BCUT2D eigenvalue weighted by Crippen LogP contribution is -2.31. The zero-order valence-corrected chi connectivity index (χ0v) is 15.6. The molecule has 1 aliphatic heterocycles. The number of carbonyl (C=O) groups excluding carboxylic acids is 2. The van der Waals surface area contributed by atoms with Gasteiger partial charge in [0.05, 0.1) is 10.6 Å². The lowest BCUT2D eigenvalue weighted by Gasteiger charge is -2.28. The van der Waals surface area contributed by atoms with Crippen LogP contribution in [-0.2, 0) is 22.1 Å². The number of ether oxygens (including phenoxy) is 2. The highest BCUT2D eigenvalue weighted by Crippen LogP contribution is 2.40. The van der Waals surface area contributed by atoms with Crippen molar-refractivity contribution >= 4 is 23.6 Å². The molecule has 2 aromatic carbocycles. The van der Waals surface area contributed by atoms with Crippen LogP contribution in [0, 0.1) is 0 Å². The van der Waals surface area contributed by atoms with Gasteiger partial charge in [0, 0.05) is 5.92 Å². The molecule has 0 saturated carbocycles. The third-order valence-corrected chi connectivity index (χ3v) is 5.34. The molecule has 1 unspecified atom stereocenters. The molecule has 1 N–H and O–H groups in total. The average Bonchev–Trinajstić information content (AvgIpc) is 3.00. The molecule has 0 aromatic heterocycles. The van der Waals surface area contributed by atoms with Crippen molar-refractivity contribution in [2.24, 2.45) is 0 Å². The van der Waals surface area contributed by atoms with Crippen LogP contribution in [0.3, 0.4) is 0 Å². The third-order valence-electron chi connectivity index (χ3n) is 5.05. The molecule has 2 atom stereocenters. The van der Waals surface area contributed by atoms with Crippen molar-refractivity contribution in [3.8, 4) is 11.5 Å². The highest BCUT2D eigenvalue weighted by Gasteiger charge is 2.41. The first-order valence-electron chi connectivity index (χ1n) is 8.91. The number of benzene rings is 2. The Balaban J connectivity index is 1.57. The summed E-state index contributed by atoms with van der Waals surface area (Å²) in [5.74, 6) is -0.186. The van der Waals surface area contributed by atoms with Gasteiger partial charge in [-0.3, -0.25) is 10.1 Å². The molecule has 5 nitrogen and oxygen atoms in total. The van der Waals surface area contributed by atoms with Crippen LogP contribution < -0.4 is 10.1 Å². The van der Waals surface area contributed by atoms with Gasteiger partial charge in [-0.25, -0.2) is 4.79 Å². The van der Waals surface area contributed by atoms with Crippen LogP contribution in [0.5, 0.6) is 11.5 Å². The molecule has 0 spiro atoms. The summed E-state index contributed by atoms with van der Waals surface area (Å²) in [5.41, 5.74) is 0.960. The summed E-state index contributed by atoms with van der Waals surface area (Å²) in [6.45, 7) is 0. The maximum atomic E-state index is 12.8. The van der Waals surface area contributed by atoms with Gasteiger partial charge in [-0.1, -0.05) is 17.7 Å². The Labute approximate surface area is 168 Å². The number of nitrogens with one attached hydrogen (secondary N) is 1. The molecular formula is C20H15ClF3NO4. The van der Waals surface area contributed by atoms with Crippen LogP contribution in [0.4, 0.5) is 18.0 Å². The second-order valence-electron chi connectivity index (χ2n) is 6.92. The molecule has 4 rings (SSSR count). The van der Waals surface area contributed by atoms with Crippen LogP contribution in [0.2, 0.25) is 5.02 Å². The van der Waals surface area contributed by atoms with Gasteiger partial charge in [0.2, 0.25) is 0 Å². The summed E-state index contributed by atoms with van der Waals surface area (Å²) in [6.07, 6.45) is -3.86. The van der Waals surface area contributed by atoms with Gasteiger partial charge in [-0.05, 0) is 60.7 Å². The van der Waals surface area contributed by atoms with Crippen molar-refractivity contribution in [1.29, 1.82) is 0 Å². The number of hydrogen-bond donors (Lipinski definition) is 1. The molecular weight excluding hydrogens is 411 g/mol. The first kappa shape index (κ1) is 19.6. The highest BCUT2D eigenvalue weighted by molar-refractivity contribution is 6.32. The number of carbonyl (C=O) groups is 2. The molecule has 1 aliphatic carbocycles. The van der Waals surface area contributed by atoms with Crippen molar-refractivity contribution in [2.75, 3.05) is 0 Å². The summed E-state index contributed by atoms with van der Waals surface area (Å²) >= 11 is 5.95. The molecule has 29 heavy (non-hydrogen) atoms. The molecule has 1 fully saturated rings. The van der Waals surface area contributed by atoms with Gasteiger partial charge in [0.25, 0.3) is 5.91 Å². The molecule has 9 heteroatoms. The van der Waals surface area contributed by atoms with Gasteiger partial charge in [0.15, 0.2) is 6.10 Å². The van der Waals surface area contributed by atoms with Crippen molar-refractivity contribution in [2.45, 2.75) is 37.5 Å². The van der Waals surface area contributed by atoms with E-state index in [0.29, 0.717) is 12.2 Å². The Kier molecular flexibility index (Phi) is 4.90. The molecule has 0 bridgehead atoms. The highest BCUT2D eigenvalue weighted by atomic mass is 35.5. The monoisotopic (exact) mass is 425 g/mol.